The number of hydrogen-bond acceptors (Lipinski definition) is 2. The molecule has 2 N–H and O–H groups in total. The summed E-state index contributed by atoms with van der Waals surface area (Å²) in [6.45, 7) is 0.214. The standard InChI is InChI=1S/C5H9FN2O2S/c6-5-1-4(5)2-8(3-5)11(7,9)10/h4H,1-3H2,(H2,7,9,10). The Morgan fingerprint density at radius 2 is 2.27 bits per heavy atom. The van der Waals surface area contributed by atoms with Crippen LogP contribution in [0.15, 0.2) is 0 Å². The zero-order valence-electron chi connectivity index (χ0n) is 5.83. The van der Waals surface area contributed by atoms with Crippen molar-refractivity contribution in [1.82, 2.24) is 4.31 Å². The molecule has 2 atom stereocenters. The Morgan fingerprint density at radius 1 is 1.64 bits per heavy atom. The van der Waals surface area contributed by atoms with Crippen LogP contribution >= 0.6 is 0 Å². The maximum atomic E-state index is 13.1. The second-order valence-electron chi connectivity index (χ2n) is 3.27. The van der Waals surface area contributed by atoms with Crippen molar-refractivity contribution in [3.63, 3.8) is 0 Å². The van der Waals surface area contributed by atoms with E-state index in [4.69, 9.17) is 5.14 Å². The highest BCUT2D eigenvalue weighted by Crippen LogP contribution is 2.52. The molecule has 2 rings (SSSR count). The quantitative estimate of drug-likeness (QED) is 0.576. The molecule has 0 aromatic carbocycles. The maximum absolute atomic E-state index is 13.1. The number of alkyl halides is 1. The number of fused-ring (bicyclic) bond motifs is 1. The number of halogens is 1. The molecule has 2 aliphatic rings. The second-order valence-corrected chi connectivity index (χ2v) is 4.82. The first-order valence-electron chi connectivity index (χ1n) is 3.39. The fourth-order valence-corrected chi connectivity index (χ4v) is 2.35. The van der Waals surface area contributed by atoms with E-state index in [1.54, 1.807) is 0 Å². The van der Waals surface area contributed by atoms with Gasteiger partial charge in [-0.15, -0.1) is 0 Å². The number of piperidine rings is 1. The van der Waals surface area contributed by atoms with Crippen molar-refractivity contribution in [3.8, 4) is 0 Å². The lowest BCUT2D eigenvalue weighted by Crippen LogP contribution is -2.37. The van der Waals surface area contributed by atoms with Gasteiger partial charge in [-0.25, -0.2) is 9.53 Å². The van der Waals surface area contributed by atoms with Gasteiger partial charge in [0.2, 0.25) is 0 Å². The molecule has 64 valence electrons. The van der Waals surface area contributed by atoms with Crippen LogP contribution in [0.4, 0.5) is 4.39 Å². The van der Waals surface area contributed by atoms with Gasteiger partial charge < -0.3 is 0 Å². The number of nitrogens with two attached hydrogens (primary N) is 1. The molecule has 2 fully saturated rings. The highest BCUT2D eigenvalue weighted by molar-refractivity contribution is 7.86. The van der Waals surface area contributed by atoms with E-state index in [2.05, 4.69) is 0 Å². The highest BCUT2D eigenvalue weighted by Gasteiger charge is 2.63. The Labute approximate surface area is 64.3 Å². The number of nitrogens with zero attached hydrogens (tertiary/aromatic N) is 1. The Hall–Kier alpha value is -0.200. The Bertz CT molecular complexity index is 291. The molecule has 1 heterocycles. The Morgan fingerprint density at radius 3 is 2.55 bits per heavy atom. The smallest absolute Gasteiger partial charge is 0.242 e. The van der Waals surface area contributed by atoms with Crippen molar-refractivity contribution in [2.75, 3.05) is 13.1 Å². The zero-order valence-corrected chi connectivity index (χ0v) is 6.64. The molecule has 0 radical (unpaired) electrons. The average Bonchev–Trinajstić information content (AvgIpc) is 2.30. The topological polar surface area (TPSA) is 63.4 Å². The number of rotatable bonds is 1. The Balaban J connectivity index is 2.14. The summed E-state index contributed by atoms with van der Waals surface area (Å²) in [6, 6.07) is 0. The predicted molar refractivity (Wildman–Crippen MR) is 36.6 cm³/mol. The minimum absolute atomic E-state index is 0.0451. The van der Waals surface area contributed by atoms with E-state index in [-0.39, 0.29) is 19.0 Å². The highest BCUT2D eigenvalue weighted by atomic mass is 32.2. The molecule has 1 aliphatic heterocycles. The normalized spacial score (nSPS) is 44.0. The molecule has 11 heavy (non-hydrogen) atoms. The van der Waals surface area contributed by atoms with E-state index < -0.39 is 15.9 Å². The van der Waals surface area contributed by atoms with Gasteiger partial charge in [0.1, 0.15) is 5.67 Å². The lowest BCUT2D eigenvalue weighted by molar-refractivity contribution is 0.287. The molecule has 1 aliphatic carbocycles. The third-order valence-electron chi connectivity index (χ3n) is 2.38. The van der Waals surface area contributed by atoms with Gasteiger partial charge >= 0.3 is 0 Å². The van der Waals surface area contributed by atoms with E-state index in [0.717, 1.165) is 4.31 Å². The van der Waals surface area contributed by atoms with E-state index in [1.165, 1.54) is 0 Å². The minimum atomic E-state index is -3.65. The summed E-state index contributed by atoms with van der Waals surface area (Å²) in [5, 5.41) is 4.81. The molecule has 0 aromatic heterocycles. The van der Waals surface area contributed by atoms with Crippen LogP contribution in [0, 0.1) is 5.92 Å². The molecule has 0 aromatic rings. The summed E-state index contributed by atoms with van der Waals surface area (Å²) in [5.41, 5.74) is -1.24. The van der Waals surface area contributed by atoms with E-state index in [9.17, 15) is 12.8 Å². The molecular formula is C5H9FN2O2S. The summed E-state index contributed by atoms with van der Waals surface area (Å²) in [4.78, 5) is 0. The molecule has 2 unspecified atom stereocenters. The molecule has 0 bridgehead atoms. The lowest BCUT2D eigenvalue weighted by atomic mass is 10.3. The summed E-state index contributed by atoms with van der Waals surface area (Å²) in [6.07, 6.45) is 0.499. The molecule has 0 spiro atoms. The third-order valence-corrected chi connectivity index (χ3v) is 3.38. The molecule has 1 saturated carbocycles. The molecular weight excluding hydrogens is 171 g/mol. The molecule has 0 amide bonds. The largest absolute Gasteiger partial charge is 0.277 e. The van der Waals surface area contributed by atoms with Crippen molar-refractivity contribution in [2.45, 2.75) is 12.1 Å². The summed E-state index contributed by atoms with van der Waals surface area (Å²) in [5.74, 6) is -0.0965. The van der Waals surface area contributed by atoms with Crippen LogP contribution in [0.25, 0.3) is 0 Å². The SMILES string of the molecule is NS(=O)(=O)N1CC2CC2(F)C1. The first-order valence-corrected chi connectivity index (χ1v) is 4.89. The Kier molecular flexibility index (Phi) is 1.19. The molecule has 1 saturated heterocycles. The van der Waals surface area contributed by atoms with Gasteiger partial charge in [-0.3, -0.25) is 0 Å². The first kappa shape index (κ1) is 7.45. The second kappa shape index (κ2) is 1.75. The van der Waals surface area contributed by atoms with Crippen molar-refractivity contribution in [1.29, 1.82) is 0 Å². The summed E-state index contributed by atoms with van der Waals surface area (Å²) in [7, 11) is -3.65. The van der Waals surface area contributed by atoms with Crippen molar-refractivity contribution < 1.29 is 12.8 Å². The monoisotopic (exact) mass is 180 g/mol. The van der Waals surface area contributed by atoms with Crippen LogP contribution in [-0.2, 0) is 10.2 Å². The fourth-order valence-electron chi connectivity index (χ4n) is 1.57. The fraction of sp³-hybridized carbons (Fsp3) is 1.00. The van der Waals surface area contributed by atoms with Gasteiger partial charge in [0.05, 0.1) is 0 Å². The van der Waals surface area contributed by atoms with Crippen LogP contribution in [-0.4, -0.2) is 31.5 Å². The van der Waals surface area contributed by atoms with E-state index in [0.29, 0.717) is 6.42 Å². The van der Waals surface area contributed by atoms with Crippen molar-refractivity contribution in [3.05, 3.63) is 0 Å². The first-order chi connectivity index (χ1) is 4.92. The minimum Gasteiger partial charge on any atom is -0.242 e. The van der Waals surface area contributed by atoms with Crippen LogP contribution in [0.3, 0.4) is 0 Å². The van der Waals surface area contributed by atoms with Crippen molar-refractivity contribution in [2.24, 2.45) is 11.1 Å². The van der Waals surface area contributed by atoms with Crippen LogP contribution < -0.4 is 5.14 Å². The van der Waals surface area contributed by atoms with Crippen LogP contribution in [0.2, 0.25) is 0 Å². The maximum Gasteiger partial charge on any atom is 0.277 e. The van der Waals surface area contributed by atoms with E-state index >= 15 is 0 Å². The average molecular weight is 180 g/mol. The third kappa shape index (κ3) is 1.05. The van der Waals surface area contributed by atoms with Gasteiger partial charge in [-0.05, 0) is 6.42 Å². The van der Waals surface area contributed by atoms with E-state index in [1.807, 2.05) is 0 Å². The van der Waals surface area contributed by atoms with Gasteiger partial charge in [0, 0.05) is 19.0 Å². The van der Waals surface area contributed by atoms with Gasteiger partial charge in [-0.2, -0.15) is 12.7 Å². The van der Waals surface area contributed by atoms with Crippen LogP contribution in [0.5, 0.6) is 0 Å². The predicted octanol–water partition coefficient (Wildman–Crippen LogP) is -0.766. The van der Waals surface area contributed by atoms with Gasteiger partial charge in [0.15, 0.2) is 0 Å². The summed E-state index contributed by atoms with van der Waals surface area (Å²) >= 11 is 0. The van der Waals surface area contributed by atoms with Crippen LogP contribution in [0.1, 0.15) is 6.42 Å². The molecule has 6 heteroatoms. The number of hydrogen-bond donors (Lipinski definition) is 1. The van der Waals surface area contributed by atoms with Gasteiger partial charge in [0.25, 0.3) is 10.2 Å². The molecule has 4 nitrogen and oxygen atoms in total. The lowest BCUT2D eigenvalue weighted by Gasteiger charge is -2.13. The summed E-state index contributed by atoms with van der Waals surface area (Å²) < 4.78 is 35.5. The zero-order chi connectivity index (χ0) is 8.28. The van der Waals surface area contributed by atoms with Gasteiger partial charge in [-0.1, -0.05) is 0 Å². The van der Waals surface area contributed by atoms with Crippen molar-refractivity contribution >= 4 is 10.2 Å².